The average molecular weight is 937 g/mol. The molecule has 0 aliphatic carbocycles. The molecule has 0 heterocycles. The number of esters is 2. The first kappa shape index (κ1) is 63.8. The van der Waals surface area contributed by atoms with E-state index in [4.69, 9.17) is 14.2 Å². The smallest absolute Gasteiger partial charge is 0.306 e. The van der Waals surface area contributed by atoms with Crippen LogP contribution in [0, 0.1) is 0 Å². The molecule has 1 atom stereocenters. The zero-order valence-electron chi connectivity index (χ0n) is 43.8. The Labute approximate surface area is 419 Å². The minimum absolute atomic E-state index is 0.0311. The third kappa shape index (κ3) is 54.4. The third-order valence-corrected chi connectivity index (χ3v) is 10.8. The summed E-state index contributed by atoms with van der Waals surface area (Å²) in [5.41, 5.74) is 0. The Morgan fingerprint density at radius 1 is 0.338 bits per heavy atom. The van der Waals surface area contributed by atoms with E-state index in [2.05, 4.69) is 167 Å². The zero-order chi connectivity index (χ0) is 49.2. The molecule has 0 aromatic heterocycles. The van der Waals surface area contributed by atoms with Gasteiger partial charge in [-0.15, -0.1) is 0 Å². The fourth-order valence-electron chi connectivity index (χ4n) is 6.84. The van der Waals surface area contributed by atoms with Gasteiger partial charge in [0, 0.05) is 19.4 Å². The van der Waals surface area contributed by atoms with Crippen molar-refractivity contribution in [1.29, 1.82) is 0 Å². The van der Waals surface area contributed by atoms with Crippen LogP contribution in [0.5, 0.6) is 0 Å². The van der Waals surface area contributed by atoms with Gasteiger partial charge in [0.25, 0.3) is 0 Å². The normalized spacial score (nSPS) is 13.4. The molecule has 0 spiro atoms. The second-order valence-electron chi connectivity index (χ2n) is 17.4. The van der Waals surface area contributed by atoms with Crippen LogP contribution in [0.25, 0.3) is 0 Å². The molecule has 68 heavy (non-hydrogen) atoms. The third-order valence-electron chi connectivity index (χ3n) is 10.8. The van der Waals surface area contributed by atoms with Crippen LogP contribution in [-0.2, 0) is 23.8 Å². The maximum atomic E-state index is 12.8. The van der Waals surface area contributed by atoms with E-state index in [0.29, 0.717) is 19.4 Å². The molecular formula is C63H100O5. The van der Waals surface area contributed by atoms with Gasteiger partial charge in [-0.05, 0) is 135 Å². The number of unbranched alkanes of at least 4 members (excludes halogenated alkanes) is 13. The number of allylic oxidation sites excluding steroid dienone is 24. The van der Waals surface area contributed by atoms with E-state index in [1.807, 2.05) is 0 Å². The van der Waals surface area contributed by atoms with Crippen molar-refractivity contribution >= 4 is 11.9 Å². The Morgan fingerprint density at radius 3 is 1.09 bits per heavy atom. The molecule has 0 amide bonds. The van der Waals surface area contributed by atoms with Crippen molar-refractivity contribution in [2.75, 3.05) is 19.8 Å². The van der Waals surface area contributed by atoms with Crippen molar-refractivity contribution in [3.63, 3.8) is 0 Å². The highest BCUT2D eigenvalue weighted by atomic mass is 16.6. The van der Waals surface area contributed by atoms with E-state index in [1.165, 1.54) is 51.4 Å². The maximum Gasteiger partial charge on any atom is 0.306 e. The van der Waals surface area contributed by atoms with Crippen molar-refractivity contribution in [3.8, 4) is 0 Å². The van der Waals surface area contributed by atoms with Gasteiger partial charge >= 0.3 is 11.9 Å². The SMILES string of the molecule is CC/C=C\C/C=C\C/C=C\C/C=C\C/C=C\C/C=C\CCCOCC(COC(=O)CCCCCCCCC/C=C\C/C=C\CCCCC)OC(=O)CCCC/C=C\C/C=C\C/C=C\C/C=C\CC. The van der Waals surface area contributed by atoms with E-state index in [1.54, 1.807) is 0 Å². The molecule has 0 aromatic carbocycles. The number of hydrogen-bond donors (Lipinski definition) is 0. The van der Waals surface area contributed by atoms with Crippen LogP contribution in [0.2, 0.25) is 0 Å². The summed E-state index contributed by atoms with van der Waals surface area (Å²) >= 11 is 0. The molecule has 5 heteroatoms. The van der Waals surface area contributed by atoms with Gasteiger partial charge in [0.1, 0.15) is 6.61 Å². The summed E-state index contributed by atoms with van der Waals surface area (Å²) in [6.07, 6.45) is 83.0. The quantitative estimate of drug-likeness (QED) is 0.0346. The molecule has 0 radical (unpaired) electrons. The van der Waals surface area contributed by atoms with Crippen LogP contribution < -0.4 is 0 Å². The van der Waals surface area contributed by atoms with E-state index in [-0.39, 0.29) is 25.2 Å². The molecular weight excluding hydrogens is 837 g/mol. The predicted molar refractivity (Wildman–Crippen MR) is 297 cm³/mol. The molecule has 5 nitrogen and oxygen atoms in total. The highest BCUT2D eigenvalue weighted by Gasteiger charge is 2.17. The van der Waals surface area contributed by atoms with E-state index in [0.717, 1.165) is 128 Å². The fraction of sp³-hybridized carbons (Fsp3) is 0.587. The molecule has 0 bridgehead atoms. The summed E-state index contributed by atoms with van der Waals surface area (Å²) in [4.78, 5) is 25.5. The van der Waals surface area contributed by atoms with Crippen molar-refractivity contribution in [2.45, 2.75) is 219 Å². The Morgan fingerprint density at radius 2 is 0.662 bits per heavy atom. The predicted octanol–water partition coefficient (Wildman–Crippen LogP) is 18.9. The topological polar surface area (TPSA) is 61.8 Å². The number of rotatable bonds is 48. The lowest BCUT2D eigenvalue weighted by Crippen LogP contribution is -2.30. The van der Waals surface area contributed by atoms with E-state index < -0.39 is 6.10 Å². The Hall–Kier alpha value is -4.22. The second-order valence-corrected chi connectivity index (χ2v) is 17.4. The lowest BCUT2D eigenvalue weighted by Gasteiger charge is -2.18. The van der Waals surface area contributed by atoms with Crippen molar-refractivity contribution in [2.24, 2.45) is 0 Å². The van der Waals surface area contributed by atoms with Crippen LogP contribution in [0.15, 0.2) is 146 Å². The molecule has 0 rings (SSSR count). The van der Waals surface area contributed by atoms with Gasteiger partial charge in [-0.1, -0.05) is 212 Å². The first-order chi connectivity index (χ1) is 33.6. The van der Waals surface area contributed by atoms with Crippen LogP contribution in [0.1, 0.15) is 213 Å². The molecule has 382 valence electrons. The van der Waals surface area contributed by atoms with Crippen molar-refractivity contribution in [1.82, 2.24) is 0 Å². The van der Waals surface area contributed by atoms with Crippen molar-refractivity contribution < 1.29 is 23.8 Å². The lowest BCUT2D eigenvalue weighted by atomic mass is 10.1. The van der Waals surface area contributed by atoms with Gasteiger partial charge in [0.05, 0.1) is 6.61 Å². The van der Waals surface area contributed by atoms with Gasteiger partial charge in [-0.25, -0.2) is 0 Å². The highest BCUT2D eigenvalue weighted by Crippen LogP contribution is 2.12. The Kier molecular flexibility index (Phi) is 53.6. The van der Waals surface area contributed by atoms with Crippen molar-refractivity contribution in [3.05, 3.63) is 146 Å². The number of hydrogen-bond acceptors (Lipinski definition) is 5. The largest absolute Gasteiger partial charge is 0.462 e. The molecule has 0 aromatic rings. The molecule has 1 unspecified atom stereocenters. The van der Waals surface area contributed by atoms with Gasteiger partial charge in [0.15, 0.2) is 6.10 Å². The first-order valence-electron chi connectivity index (χ1n) is 27.4. The summed E-state index contributed by atoms with van der Waals surface area (Å²) < 4.78 is 17.3. The lowest BCUT2D eigenvalue weighted by molar-refractivity contribution is -0.163. The monoisotopic (exact) mass is 937 g/mol. The minimum Gasteiger partial charge on any atom is -0.462 e. The second kappa shape index (κ2) is 57.1. The maximum absolute atomic E-state index is 12.8. The summed E-state index contributed by atoms with van der Waals surface area (Å²) in [7, 11) is 0. The number of carbonyl (C=O) groups is 2. The molecule has 0 saturated heterocycles. The van der Waals surface area contributed by atoms with Gasteiger partial charge < -0.3 is 14.2 Å². The summed E-state index contributed by atoms with van der Waals surface area (Å²) in [6, 6.07) is 0. The van der Waals surface area contributed by atoms with E-state index >= 15 is 0 Å². The molecule has 0 aliphatic heterocycles. The number of ether oxygens (including phenoxy) is 3. The average Bonchev–Trinajstić information content (AvgIpc) is 3.34. The minimum atomic E-state index is -0.603. The summed E-state index contributed by atoms with van der Waals surface area (Å²) in [5, 5.41) is 0. The molecule has 0 N–H and O–H groups in total. The summed E-state index contributed by atoms with van der Waals surface area (Å²) in [5.74, 6) is -0.497. The molecule has 0 saturated carbocycles. The van der Waals surface area contributed by atoms with Crippen LogP contribution in [-0.4, -0.2) is 37.9 Å². The Balaban J connectivity index is 4.49. The number of carbonyl (C=O) groups excluding carboxylic acids is 2. The molecule has 0 aliphatic rings. The highest BCUT2D eigenvalue weighted by molar-refractivity contribution is 5.70. The van der Waals surface area contributed by atoms with E-state index in [9.17, 15) is 9.59 Å². The van der Waals surface area contributed by atoms with Gasteiger partial charge in [-0.2, -0.15) is 0 Å². The van der Waals surface area contributed by atoms with Crippen LogP contribution in [0.4, 0.5) is 0 Å². The standard InChI is InChI=1S/C63H100O5/c1-4-7-10-13-16-19-22-25-28-30-31-32-34-37-40-43-46-49-52-55-58-66-59-61(68-63(65)57-54-51-48-45-42-39-35-27-24-21-18-15-12-9-6-3)60-67-62(64)56-53-50-47-44-41-38-36-33-29-26-23-20-17-14-11-8-5-2/h7,9-10,12,16-21,25-29,31-32,35,37,40,42,45-46,49,61H,4-6,8,11,13-15,22-24,30,33-34,36,38-39,41,43-44,47-48,50-60H2,1-3H3/b10-7-,12-9-,19-16-,20-17-,21-18-,28-25-,29-26-,32-31-,35-27-,40-37-,45-42-,49-46-. The van der Waals surface area contributed by atoms with Gasteiger partial charge in [-0.3, -0.25) is 9.59 Å². The van der Waals surface area contributed by atoms with Crippen LogP contribution >= 0.6 is 0 Å². The fourth-order valence-corrected chi connectivity index (χ4v) is 6.84. The van der Waals surface area contributed by atoms with Crippen LogP contribution in [0.3, 0.4) is 0 Å². The Bertz CT molecular complexity index is 1480. The first-order valence-corrected chi connectivity index (χ1v) is 27.4. The van der Waals surface area contributed by atoms with Gasteiger partial charge in [0.2, 0.25) is 0 Å². The zero-order valence-corrected chi connectivity index (χ0v) is 43.8. The molecule has 0 fully saturated rings. The summed E-state index contributed by atoms with van der Waals surface area (Å²) in [6.45, 7) is 7.36.